The average molecular weight is 412 g/mol. The number of aryl methyl sites for hydroxylation is 3. The van der Waals surface area contributed by atoms with Crippen molar-refractivity contribution in [3.63, 3.8) is 0 Å². The van der Waals surface area contributed by atoms with Gasteiger partial charge in [0, 0.05) is 23.7 Å². The van der Waals surface area contributed by atoms with Crippen LogP contribution >= 0.6 is 0 Å². The Labute approximate surface area is 182 Å². The number of nitrogens with one attached hydrogen (secondary N) is 1. The van der Waals surface area contributed by atoms with Crippen molar-refractivity contribution in [2.75, 3.05) is 11.1 Å². The van der Waals surface area contributed by atoms with Crippen LogP contribution in [-0.4, -0.2) is 5.11 Å². The quantitative estimate of drug-likeness (QED) is 0.457. The van der Waals surface area contributed by atoms with Gasteiger partial charge in [-0.25, -0.2) is 0 Å². The largest absolute Gasteiger partial charge is 0.456 e. The molecule has 0 saturated carbocycles. The number of nitrogens with zero attached hydrogens (tertiary/aromatic N) is 2. The number of benzene rings is 3. The summed E-state index contributed by atoms with van der Waals surface area (Å²) in [6.45, 7) is 3.71. The summed E-state index contributed by atoms with van der Waals surface area (Å²) in [6, 6.07) is 18.8. The van der Waals surface area contributed by atoms with E-state index < -0.39 is 0 Å². The summed E-state index contributed by atoms with van der Waals surface area (Å²) >= 11 is 0. The molecule has 156 valence electrons. The van der Waals surface area contributed by atoms with Crippen molar-refractivity contribution in [1.29, 1.82) is 10.5 Å². The highest BCUT2D eigenvalue weighted by molar-refractivity contribution is 5.76. The zero-order valence-corrected chi connectivity index (χ0v) is 17.6. The molecule has 0 heterocycles. The maximum Gasteiger partial charge on any atom is 0.135 e. The number of nitrogen functional groups attached to an aromatic ring is 1. The Morgan fingerprint density at radius 2 is 1.71 bits per heavy atom. The molecule has 0 aliphatic heterocycles. The standard InChI is InChI=1S/C25H24N4O2/c1-16-10-19(4-3-9-26)11-17(2)25(16)31-24-13-23(22(28)12-20(24)15-30)29-21-7-5-18(14-27)6-8-21/h5-8,10-13,29-30H,3-4,15,28H2,1-2H3. The SMILES string of the molecule is Cc1cc(CCC#N)cc(C)c1Oc1cc(Nc2ccc(C#N)cc2)c(N)cc1CO. The lowest BCUT2D eigenvalue weighted by molar-refractivity contribution is 0.276. The Morgan fingerprint density at radius 1 is 1.03 bits per heavy atom. The van der Waals surface area contributed by atoms with Crippen molar-refractivity contribution >= 4 is 17.1 Å². The zero-order valence-electron chi connectivity index (χ0n) is 17.6. The number of rotatable bonds is 7. The summed E-state index contributed by atoms with van der Waals surface area (Å²) in [4.78, 5) is 0. The van der Waals surface area contributed by atoms with E-state index in [1.807, 2.05) is 26.0 Å². The third kappa shape index (κ3) is 5.14. The fraction of sp³-hybridized carbons (Fsp3) is 0.200. The number of hydrogen-bond donors (Lipinski definition) is 3. The summed E-state index contributed by atoms with van der Waals surface area (Å²) in [6.07, 6.45) is 1.16. The van der Waals surface area contributed by atoms with Gasteiger partial charge in [-0.15, -0.1) is 0 Å². The predicted molar refractivity (Wildman–Crippen MR) is 121 cm³/mol. The number of anilines is 3. The summed E-state index contributed by atoms with van der Waals surface area (Å²) < 4.78 is 6.23. The lowest BCUT2D eigenvalue weighted by Gasteiger charge is -2.18. The van der Waals surface area contributed by atoms with Gasteiger partial charge in [0.15, 0.2) is 0 Å². The van der Waals surface area contributed by atoms with Crippen LogP contribution in [0.5, 0.6) is 11.5 Å². The van der Waals surface area contributed by atoms with Crippen molar-refractivity contribution in [3.8, 4) is 23.6 Å². The number of hydrogen-bond acceptors (Lipinski definition) is 6. The van der Waals surface area contributed by atoms with Crippen LogP contribution in [0.3, 0.4) is 0 Å². The highest BCUT2D eigenvalue weighted by Gasteiger charge is 2.14. The van der Waals surface area contributed by atoms with Crippen molar-refractivity contribution in [1.82, 2.24) is 0 Å². The van der Waals surface area contributed by atoms with Crippen LogP contribution in [-0.2, 0) is 13.0 Å². The van der Waals surface area contributed by atoms with Crippen LogP contribution in [0.15, 0.2) is 48.5 Å². The zero-order chi connectivity index (χ0) is 22.4. The van der Waals surface area contributed by atoms with E-state index in [9.17, 15) is 5.11 Å². The van der Waals surface area contributed by atoms with E-state index in [1.165, 1.54) is 0 Å². The van der Waals surface area contributed by atoms with Gasteiger partial charge in [-0.3, -0.25) is 0 Å². The minimum absolute atomic E-state index is 0.213. The van der Waals surface area contributed by atoms with E-state index in [-0.39, 0.29) is 6.61 Å². The molecule has 0 aliphatic carbocycles. The van der Waals surface area contributed by atoms with Gasteiger partial charge in [-0.05, 0) is 67.3 Å². The summed E-state index contributed by atoms with van der Waals surface area (Å²) in [5.74, 6) is 1.22. The lowest BCUT2D eigenvalue weighted by Crippen LogP contribution is -2.02. The summed E-state index contributed by atoms with van der Waals surface area (Å²) in [5.41, 5.74) is 12.2. The smallest absolute Gasteiger partial charge is 0.135 e. The van der Waals surface area contributed by atoms with Gasteiger partial charge in [-0.1, -0.05) is 12.1 Å². The van der Waals surface area contributed by atoms with Crippen molar-refractivity contribution in [2.24, 2.45) is 0 Å². The number of ether oxygens (including phenoxy) is 1. The second kappa shape index (κ2) is 9.67. The second-order valence-electron chi connectivity index (χ2n) is 7.34. The number of aliphatic hydroxyl groups is 1. The van der Waals surface area contributed by atoms with Gasteiger partial charge in [0.05, 0.1) is 35.7 Å². The Kier molecular flexibility index (Phi) is 6.77. The molecule has 0 radical (unpaired) electrons. The highest BCUT2D eigenvalue weighted by atomic mass is 16.5. The molecule has 0 aromatic heterocycles. The van der Waals surface area contributed by atoms with Gasteiger partial charge >= 0.3 is 0 Å². The predicted octanol–water partition coefficient (Wildman–Crippen LogP) is 5.24. The lowest BCUT2D eigenvalue weighted by atomic mass is 10.0. The molecule has 4 N–H and O–H groups in total. The molecule has 0 atom stereocenters. The molecule has 0 amide bonds. The molecule has 3 aromatic carbocycles. The molecule has 0 aliphatic rings. The van der Waals surface area contributed by atoms with Crippen molar-refractivity contribution < 1.29 is 9.84 Å². The molecular formula is C25H24N4O2. The van der Waals surface area contributed by atoms with E-state index in [0.717, 1.165) is 22.4 Å². The topological polar surface area (TPSA) is 115 Å². The maximum atomic E-state index is 9.82. The van der Waals surface area contributed by atoms with Crippen molar-refractivity contribution in [3.05, 3.63) is 76.3 Å². The fourth-order valence-corrected chi connectivity index (χ4v) is 3.41. The van der Waals surface area contributed by atoms with Crippen LogP contribution in [0.4, 0.5) is 17.1 Å². The molecule has 3 rings (SSSR count). The minimum atomic E-state index is -0.213. The van der Waals surface area contributed by atoms with Crippen LogP contribution in [0.25, 0.3) is 0 Å². The monoisotopic (exact) mass is 412 g/mol. The first kappa shape index (κ1) is 21.7. The number of nitriles is 2. The first-order chi connectivity index (χ1) is 14.9. The van der Waals surface area contributed by atoms with E-state index >= 15 is 0 Å². The van der Waals surface area contributed by atoms with Crippen LogP contribution < -0.4 is 15.8 Å². The molecule has 0 spiro atoms. The Hall–Kier alpha value is -4.00. The maximum absolute atomic E-state index is 9.82. The first-order valence-corrected chi connectivity index (χ1v) is 9.90. The van der Waals surface area contributed by atoms with Gasteiger partial charge < -0.3 is 20.9 Å². The van der Waals surface area contributed by atoms with E-state index in [2.05, 4.69) is 17.5 Å². The van der Waals surface area contributed by atoms with Crippen LogP contribution in [0, 0.1) is 36.5 Å². The first-order valence-electron chi connectivity index (χ1n) is 9.90. The van der Waals surface area contributed by atoms with Crippen molar-refractivity contribution in [2.45, 2.75) is 33.3 Å². The van der Waals surface area contributed by atoms with E-state index in [0.29, 0.717) is 46.8 Å². The minimum Gasteiger partial charge on any atom is -0.456 e. The summed E-state index contributed by atoms with van der Waals surface area (Å²) in [7, 11) is 0. The third-order valence-electron chi connectivity index (χ3n) is 4.95. The van der Waals surface area contributed by atoms with E-state index in [1.54, 1.807) is 36.4 Å². The second-order valence-corrected chi connectivity index (χ2v) is 7.34. The number of aliphatic hydroxyl groups excluding tert-OH is 1. The average Bonchev–Trinajstić information content (AvgIpc) is 2.77. The molecule has 0 saturated heterocycles. The summed E-state index contributed by atoms with van der Waals surface area (Å²) in [5, 5.41) is 30.8. The fourth-order valence-electron chi connectivity index (χ4n) is 3.41. The molecule has 0 unspecified atom stereocenters. The van der Waals surface area contributed by atoms with Crippen LogP contribution in [0.1, 0.15) is 34.2 Å². The number of nitrogens with two attached hydrogens (primary N) is 1. The Bertz CT molecular complexity index is 1150. The highest BCUT2D eigenvalue weighted by Crippen LogP contribution is 2.37. The Balaban J connectivity index is 1.93. The van der Waals surface area contributed by atoms with Gasteiger partial charge in [0.1, 0.15) is 11.5 Å². The van der Waals surface area contributed by atoms with Gasteiger partial charge in [-0.2, -0.15) is 10.5 Å². The Morgan fingerprint density at radius 3 is 2.29 bits per heavy atom. The normalized spacial score (nSPS) is 10.2. The molecule has 0 bridgehead atoms. The third-order valence-corrected chi connectivity index (χ3v) is 4.95. The van der Waals surface area contributed by atoms with Gasteiger partial charge in [0.25, 0.3) is 0 Å². The molecule has 0 fully saturated rings. The molecular weight excluding hydrogens is 388 g/mol. The van der Waals surface area contributed by atoms with Gasteiger partial charge in [0.2, 0.25) is 0 Å². The molecule has 6 nitrogen and oxygen atoms in total. The molecule has 6 heteroatoms. The van der Waals surface area contributed by atoms with Crippen LogP contribution in [0.2, 0.25) is 0 Å². The van der Waals surface area contributed by atoms with E-state index in [4.69, 9.17) is 21.0 Å². The molecule has 31 heavy (non-hydrogen) atoms. The molecule has 3 aromatic rings.